The fourth-order valence-corrected chi connectivity index (χ4v) is 1.56. The Morgan fingerprint density at radius 2 is 1.95 bits per heavy atom. The third-order valence-electron chi connectivity index (χ3n) is 2.43. The zero-order chi connectivity index (χ0) is 14.8. The summed E-state index contributed by atoms with van der Waals surface area (Å²) < 4.78 is 41.9. The lowest BCUT2D eigenvalue weighted by Crippen LogP contribution is -2.29. The summed E-state index contributed by atoms with van der Waals surface area (Å²) in [6, 6.07) is 2.64. The quantitative estimate of drug-likeness (QED) is 0.474. The maximum absolute atomic E-state index is 12.3. The average Bonchev–Trinajstić information content (AvgIpc) is 2.25. The number of nitro benzene ring substituents is 1. The highest BCUT2D eigenvalue weighted by Gasteiger charge is 2.38. The van der Waals surface area contributed by atoms with E-state index in [2.05, 4.69) is 15.9 Å². The maximum Gasteiger partial charge on any atom is 0.404 e. The number of nitro groups is 1. The predicted octanol–water partition coefficient (Wildman–Crippen LogP) is 3.92. The minimum absolute atomic E-state index is 0.0750. The minimum atomic E-state index is -4.43. The van der Waals surface area contributed by atoms with Crippen molar-refractivity contribution in [1.29, 1.82) is 0 Å². The molecule has 0 N–H and O–H groups in total. The summed E-state index contributed by atoms with van der Waals surface area (Å²) in [5.41, 5.74) is 0.796. The first-order chi connectivity index (χ1) is 8.62. The van der Waals surface area contributed by atoms with E-state index < -0.39 is 22.5 Å². The second kappa shape index (κ2) is 5.77. The number of alkyl halides is 4. The first-order valence-electron chi connectivity index (χ1n) is 5.22. The van der Waals surface area contributed by atoms with Gasteiger partial charge in [-0.25, -0.2) is 0 Å². The normalized spacial score (nSPS) is 13.2. The highest BCUT2D eigenvalue weighted by Crippen LogP contribution is 2.30. The molecule has 0 aliphatic carbocycles. The van der Waals surface area contributed by atoms with Gasteiger partial charge in [0.25, 0.3) is 5.69 Å². The van der Waals surface area contributed by atoms with Crippen molar-refractivity contribution in [3.05, 3.63) is 33.4 Å². The van der Waals surface area contributed by atoms with Crippen LogP contribution in [0, 0.1) is 24.0 Å². The highest BCUT2D eigenvalue weighted by atomic mass is 79.9. The molecule has 1 aromatic carbocycles. The Balaban J connectivity index is 2.90. The first kappa shape index (κ1) is 15.7. The maximum atomic E-state index is 12.3. The molecular weight excluding hydrogens is 331 g/mol. The average molecular weight is 342 g/mol. The van der Waals surface area contributed by atoms with Crippen LogP contribution in [0.3, 0.4) is 0 Å². The van der Waals surface area contributed by atoms with Gasteiger partial charge < -0.3 is 4.74 Å². The molecule has 1 atom stereocenters. The number of rotatable bonds is 4. The van der Waals surface area contributed by atoms with E-state index in [9.17, 15) is 23.3 Å². The Kier molecular flexibility index (Phi) is 4.78. The lowest BCUT2D eigenvalue weighted by atomic mass is 10.1. The molecule has 0 aliphatic rings. The van der Waals surface area contributed by atoms with Crippen molar-refractivity contribution in [2.24, 2.45) is 0 Å². The Labute approximate surface area is 115 Å². The topological polar surface area (TPSA) is 52.4 Å². The van der Waals surface area contributed by atoms with Crippen LogP contribution in [-0.4, -0.2) is 22.5 Å². The van der Waals surface area contributed by atoms with Gasteiger partial charge in [0.05, 0.1) is 11.0 Å². The van der Waals surface area contributed by atoms with Crippen LogP contribution >= 0.6 is 15.9 Å². The van der Waals surface area contributed by atoms with Crippen LogP contribution in [0.5, 0.6) is 5.75 Å². The van der Waals surface area contributed by atoms with Crippen LogP contribution in [0.25, 0.3) is 0 Å². The van der Waals surface area contributed by atoms with Gasteiger partial charge >= 0.3 is 6.18 Å². The van der Waals surface area contributed by atoms with Crippen molar-refractivity contribution in [2.75, 3.05) is 6.61 Å². The van der Waals surface area contributed by atoms with Crippen molar-refractivity contribution in [3.8, 4) is 5.75 Å². The van der Waals surface area contributed by atoms with Crippen LogP contribution in [0.1, 0.15) is 11.1 Å². The summed E-state index contributed by atoms with van der Waals surface area (Å²) in [6.45, 7) is 2.52. The van der Waals surface area contributed by atoms with E-state index in [1.165, 1.54) is 6.07 Å². The summed E-state index contributed by atoms with van der Waals surface area (Å²) in [7, 11) is 0. The Morgan fingerprint density at radius 1 is 1.37 bits per heavy atom. The summed E-state index contributed by atoms with van der Waals surface area (Å²) >= 11 is 2.46. The number of hydrogen-bond acceptors (Lipinski definition) is 3. The molecule has 0 fully saturated rings. The molecule has 19 heavy (non-hydrogen) atoms. The standard InChI is InChI=1S/C11H11BrF3NO3/c1-6-3-7(2)9(4-8(6)16(17)18)19-5-10(12)11(13,14)15/h3-4,10H,5H2,1-2H3. The minimum Gasteiger partial charge on any atom is -0.492 e. The van der Waals surface area contributed by atoms with Gasteiger partial charge in [-0.15, -0.1) is 0 Å². The summed E-state index contributed by atoms with van der Waals surface area (Å²) in [4.78, 5) is 8.32. The van der Waals surface area contributed by atoms with Crippen molar-refractivity contribution in [1.82, 2.24) is 0 Å². The van der Waals surface area contributed by atoms with E-state index in [-0.39, 0.29) is 11.4 Å². The molecule has 1 aromatic rings. The SMILES string of the molecule is Cc1cc(C)c([N+](=O)[O-])cc1OCC(Br)C(F)(F)F. The number of aryl methyl sites for hydroxylation is 2. The van der Waals surface area contributed by atoms with E-state index in [1.807, 2.05) is 0 Å². The second-order valence-corrected chi connectivity index (χ2v) is 5.09. The van der Waals surface area contributed by atoms with Crippen LogP contribution < -0.4 is 4.74 Å². The van der Waals surface area contributed by atoms with Gasteiger partial charge in [0.15, 0.2) is 0 Å². The number of halogens is 4. The molecule has 0 spiro atoms. The number of nitrogens with zero attached hydrogens (tertiary/aromatic N) is 1. The lowest BCUT2D eigenvalue weighted by molar-refractivity contribution is -0.385. The molecule has 0 radical (unpaired) electrons. The third kappa shape index (κ3) is 4.09. The van der Waals surface area contributed by atoms with E-state index in [4.69, 9.17) is 4.74 Å². The fraction of sp³-hybridized carbons (Fsp3) is 0.455. The van der Waals surface area contributed by atoms with Gasteiger partial charge in [0.2, 0.25) is 0 Å². The largest absolute Gasteiger partial charge is 0.492 e. The molecule has 106 valence electrons. The zero-order valence-corrected chi connectivity index (χ0v) is 11.7. The van der Waals surface area contributed by atoms with E-state index in [0.717, 1.165) is 6.07 Å². The van der Waals surface area contributed by atoms with Gasteiger partial charge in [-0.3, -0.25) is 10.1 Å². The van der Waals surface area contributed by atoms with Crippen molar-refractivity contribution < 1.29 is 22.8 Å². The van der Waals surface area contributed by atoms with Crippen LogP contribution in [-0.2, 0) is 0 Å². The first-order valence-corrected chi connectivity index (χ1v) is 6.13. The summed E-state index contributed by atoms with van der Waals surface area (Å²) in [5.74, 6) is 0.0750. The smallest absolute Gasteiger partial charge is 0.404 e. The van der Waals surface area contributed by atoms with E-state index >= 15 is 0 Å². The highest BCUT2D eigenvalue weighted by molar-refractivity contribution is 9.09. The number of ether oxygens (including phenoxy) is 1. The van der Waals surface area contributed by atoms with Gasteiger partial charge in [0, 0.05) is 5.56 Å². The fourth-order valence-electron chi connectivity index (χ4n) is 1.43. The molecule has 1 rings (SSSR count). The zero-order valence-electron chi connectivity index (χ0n) is 10.1. The van der Waals surface area contributed by atoms with Crippen molar-refractivity contribution in [2.45, 2.75) is 24.9 Å². The number of hydrogen-bond donors (Lipinski definition) is 0. The Hall–Kier alpha value is -1.31. The number of benzene rings is 1. The molecule has 1 unspecified atom stereocenters. The molecule has 0 bridgehead atoms. The molecule has 0 aromatic heterocycles. The molecule has 0 amide bonds. The van der Waals surface area contributed by atoms with Crippen LogP contribution in [0.2, 0.25) is 0 Å². The molecular formula is C11H11BrF3NO3. The second-order valence-electron chi connectivity index (χ2n) is 3.98. The van der Waals surface area contributed by atoms with E-state index in [1.54, 1.807) is 13.8 Å². The molecule has 8 heteroatoms. The molecule has 0 aliphatic heterocycles. The van der Waals surface area contributed by atoms with Crippen molar-refractivity contribution in [3.63, 3.8) is 0 Å². The predicted molar refractivity (Wildman–Crippen MR) is 66.8 cm³/mol. The van der Waals surface area contributed by atoms with Crippen LogP contribution in [0.15, 0.2) is 12.1 Å². The van der Waals surface area contributed by atoms with Gasteiger partial charge in [-0.1, -0.05) is 15.9 Å². The molecule has 4 nitrogen and oxygen atoms in total. The van der Waals surface area contributed by atoms with Gasteiger partial charge in [-0.2, -0.15) is 13.2 Å². The van der Waals surface area contributed by atoms with Gasteiger partial charge in [0.1, 0.15) is 17.2 Å². The summed E-state index contributed by atoms with van der Waals surface area (Å²) in [6.07, 6.45) is -4.43. The van der Waals surface area contributed by atoms with Gasteiger partial charge in [-0.05, 0) is 25.5 Å². The Bertz CT molecular complexity index is 491. The molecule has 0 saturated carbocycles. The third-order valence-corrected chi connectivity index (χ3v) is 3.21. The van der Waals surface area contributed by atoms with E-state index in [0.29, 0.717) is 11.1 Å². The lowest BCUT2D eigenvalue weighted by Gasteiger charge is -2.16. The van der Waals surface area contributed by atoms with Crippen LogP contribution in [0.4, 0.5) is 18.9 Å². The monoisotopic (exact) mass is 341 g/mol. The Morgan fingerprint density at radius 3 is 2.42 bits per heavy atom. The molecule has 0 heterocycles. The van der Waals surface area contributed by atoms with Crippen molar-refractivity contribution >= 4 is 21.6 Å². The summed E-state index contributed by atoms with van der Waals surface area (Å²) in [5, 5.41) is 10.7. The molecule has 0 saturated heterocycles.